The topological polar surface area (TPSA) is 109 Å². The lowest BCUT2D eigenvalue weighted by Crippen LogP contribution is -2.14. The number of amides is 1. The van der Waals surface area contributed by atoms with Crippen LogP contribution in [0.3, 0.4) is 0 Å². The summed E-state index contributed by atoms with van der Waals surface area (Å²) in [7, 11) is -4.37. The molecule has 0 fully saturated rings. The van der Waals surface area contributed by atoms with Gasteiger partial charge in [-0.15, -0.1) is 0 Å². The smallest absolute Gasteiger partial charge is 0.295 e. The number of nitrogen functional groups attached to an aromatic ring is 1. The Morgan fingerprint density at radius 2 is 1.54 bits per heavy atom. The largest absolute Gasteiger partial charge is 0.398 e. The Morgan fingerprint density at radius 1 is 0.917 bits per heavy atom. The van der Waals surface area contributed by atoms with Gasteiger partial charge in [-0.2, -0.15) is 8.42 Å². The van der Waals surface area contributed by atoms with Crippen LogP contribution in [0.1, 0.15) is 10.4 Å². The third-order valence-electron chi connectivity index (χ3n) is 3.62. The van der Waals surface area contributed by atoms with Crippen LogP contribution < -0.4 is 11.1 Å². The van der Waals surface area contributed by atoms with Crippen molar-refractivity contribution in [2.45, 2.75) is 4.90 Å². The Labute approximate surface area is 138 Å². The van der Waals surface area contributed by atoms with Crippen molar-refractivity contribution in [2.75, 3.05) is 11.1 Å². The lowest BCUT2D eigenvalue weighted by Gasteiger charge is -2.12. The molecule has 3 rings (SSSR count). The fraction of sp³-hybridized carbons (Fsp3) is 0. The van der Waals surface area contributed by atoms with Gasteiger partial charge in [0.1, 0.15) is 4.90 Å². The van der Waals surface area contributed by atoms with Crippen molar-refractivity contribution in [3.8, 4) is 0 Å². The lowest BCUT2D eigenvalue weighted by molar-refractivity contribution is 0.102. The Morgan fingerprint density at radius 3 is 2.21 bits per heavy atom. The molecule has 0 atom stereocenters. The van der Waals surface area contributed by atoms with Gasteiger partial charge in [0, 0.05) is 22.1 Å². The maximum absolute atomic E-state index is 12.4. The fourth-order valence-corrected chi connectivity index (χ4v) is 3.19. The molecule has 0 radical (unpaired) electrons. The van der Waals surface area contributed by atoms with Gasteiger partial charge in [0.15, 0.2) is 0 Å². The molecule has 3 aromatic rings. The molecule has 0 spiro atoms. The summed E-state index contributed by atoms with van der Waals surface area (Å²) in [4.78, 5) is 12.2. The van der Waals surface area contributed by atoms with Crippen LogP contribution in [0.4, 0.5) is 11.4 Å². The number of fused-ring (bicyclic) bond motifs is 1. The first-order valence-electron chi connectivity index (χ1n) is 7.03. The summed E-state index contributed by atoms with van der Waals surface area (Å²) in [6.07, 6.45) is 0. The first-order valence-corrected chi connectivity index (χ1v) is 8.47. The van der Waals surface area contributed by atoms with Gasteiger partial charge in [-0.05, 0) is 24.3 Å². The van der Waals surface area contributed by atoms with E-state index in [1.807, 2.05) is 0 Å². The van der Waals surface area contributed by atoms with Crippen molar-refractivity contribution < 1.29 is 17.8 Å². The molecule has 0 aromatic heterocycles. The van der Waals surface area contributed by atoms with Crippen LogP contribution >= 0.6 is 0 Å². The second kappa shape index (κ2) is 5.95. The number of nitrogens with one attached hydrogen (secondary N) is 1. The predicted molar refractivity (Wildman–Crippen MR) is 92.6 cm³/mol. The lowest BCUT2D eigenvalue weighted by atomic mass is 10.1. The van der Waals surface area contributed by atoms with E-state index in [-0.39, 0.29) is 4.90 Å². The molecule has 0 aliphatic carbocycles. The zero-order valence-corrected chi connectivity index (χ0v) is 13.2. The van der Waals surface area contributed by atoms with Crippen molar-refractivity contribution in [1.29, 1.82) is 0 Å². The van der Waals surface area contributed by atoms with E-state index in [9.17, 15) is 17.8 Å². The van der Waals surface area contributed by atoms with Crippen LogP contribution in [0.15, 0.2) is 65.6 Å². The van der Waals surface area contributed by atoms with E-state index in [0.717, 1.165) is 0 Å². The Bertz CT molecular complexity index is 1050. The standard InChI is InChI=1S/C17H14N2O4S/c18-14-8-4-3-7-13(14)17(20)19-15-9-10-16(24(21,22)23)12-6-2-1-5-11(12)15/h1-10H,18H2,(H,19,20)(H,21,22,23). The molecule has 4 N–H and O–H groups in total. The van der Waals surface area contributed by atoms with Gasteiger partial charge in [0.2, 0.25) is 0 Å². The zero-order valence-electron chi connectivity index (χ0n) is 12.4. The van der Waals surface area contributed by atoms with Crippen LogP contribution in [0.25, 0.3) is 10.8 Å². The third-order valence-corrected chi connectivity index (χ3v) is 4.53. The van der Waals surface area contributed by atoms with Gasteiger partial charge < -0.3 is 11.1 Å². The highest BCUT2D eigenvalue weighted by atomic mass is 32.2. The Balaban J connectivity index is 2.09. The summed E-state index contributed by atoms with van der Waals surface area (Å²) >= 11 is 0. The first kappa shape index (κ1) is 16.0. The number of hydrogen-bond acceptors (Lipinski definition) is 4. The Kier molecular flexibility index (Phi) is 3.96. The van der Waals surface area contributed by atoms with Crippen molar-refractivity contribution in [3.63, 3.8) is 0 Å². The summed E-state index contributed by atoms with van der Waals surface area (Å²) in [5, 5.41) is 3.54. The van der Waals surface area contributed by atoms with Crippen LogP contribution in [-0.4, -0.2) is 18.9 Å². The van der Waals surface area contributed by atoms with E-state index in [1.165, 1.54) is 12.1 Å². The van der Waals surface area contributed by atoms with Gasteiger partial charge in [-0.3, -0.25) is 9.35 Å². The molecule has 0 heterocycles. The molecule has 3 aromatic carbocycles. The molecule has 122 valence electrons. The predicted octanol–water partition coefficient (Wildman–Crippen LogP) is 2.92. The molecule has 0 aliphatic heterocycles. The average molecular weight is 342 g/mol. The van der Waals surface area contributed by atoms with E-state index in [1.54, 1.807) is 48.5 Å². The van der Waals surface area contributed by atoms with Crippen LogP contribution in [0, 0.1) is 0 Å². The number of rotatable bonds is 3. The van der Waals surface area contributed by atoms with E-state index in [0.29, 0.717) is 27.7 Å². The minimum Gasteiger partial charge on any atom is -0.398 e. The van der Waals surface area contributed by atoms with Crippen LogP contribution in [-0.2, 0) is 10.1 Å². The molecule has 0 saturated carbocycles. The van der Waals surface area contributed by atoms with Gasteiger partial charge >= 0.3 is 0 Å². The van der Waals surface area contributed by atoms with Gasteiger partial charge in [0.25, 0.3) is 16.0 Å². The molecule has 0 aliphatic rings. The second-order valence-electron chi connectivity index (χ2n) is 5.17. The molecular weight excluding hydrogens is 328 g/mol. The fourth-order valence-electron chi connectivity index (χ4n) is 2.50. The van der Waals surface area contributed by atoms with Crippen molar-refractivity contribution in [2.24, 2.45) is 0 Å². The van der Waals surface area contributed by atoms with Crippen molar-refractivity contribution in [1.82, 2.24) is 0 Å². The average Bonchev–Trinajstić information content (AvgIpc) is 2.54. The van der Waals surface area contributed by atoms with Gasteiger partial charge in [-0.25, -0.2) is 0 Å². The molecule has 24 heavy (non-hydrogen) atoms. The monoisotopic (exact) mass is 342 g/mol. The zero-order chi connectivity index (χ0) is 17.3. The quantitative estimate of drug-likeness (QED) is 0.501. The highest BCUT2D eigenvalue weighted by molar-refractivity contribution is 7.86. The number of carbonyl (C=O) groups is 1. The van der Waals surface area contributed by atoms with Gasteiger partial charge in [-0.1, -0.05) is 36.4 Å². The summed E-state index contributed by atoms with van der Waals surface area (Å²) in [5.41, 5.74) is 6.88. The number of hydrogen-bond donors (Lipinski definition) is 3. The summed E-state index contributed by atoms with van der Waals surface area (Å²) in [6, 6.07) is 15.9. The van der Waals surface area contributed by atoms with E-state index < -0.39 is 16.0 Å². The summed E-state index contributed by atoms with van der Waals surface area (Å²) in [6.45, 7) is 0. The first-order chi connectivity index (χ1) is 11.4. The second-order valence-corrected chi connectivity index (χ2v) is 6.56. The van der Waals surface area contributed by atoms with E-state index >= 15 is 0 Å². The Hall–Kier alpha value is -2.90. The van der Waals surface area contributed by atoms with Crippen molar-refractivity contribution in [3.05, 3.63) is 66.2 Å². The molecule has 6 nitrogen and oxygen atoms in total. The number of benzene rings is 3. The number of nitrogens with two attached hydrogens (primary N) is 1. The minimum atomic E-state index is -4.37. The minimum absolute atomic E-state index is 0.213. The number of anilines is 2. The summed E-state index contributed by atoms with van der Waals surface area (Å²) in [5.74, 6) is -0.405. The molecular formula is C17H14N2O4S. The molecule has 7 heteroatoms. The molecule has 1 amide bonds. The third kappa shape index (κ3) is 2.94. The summed E-state index contributed by atoms with van der Waals surface area (Å²) < 4.78 is 32.3. The van der Waals surface area contributed by atoms with Crippen LogP contribution in [0.2, 0.25) is 0 Å². The molecule has 0 saturated heterocycles. The normalized spacial score (nSPS) is 11.4. The van der Waals surface area contributed by atoms with Crippen LogP contribution in [0.5, 0.6) is 0 Å². The maximum atomic E-state index is 12.4. The SMILES string of the molecule is Nc1ccccc1C(=O)Nc1ccc(S(=O)(=O)O)c2ccccc12. The molecule has 0 unspecified atom stereocenters. The number of para-hydroxylation sites is 1. The van der Waals surface area contributed by atoms with E-state index in [2.05, 4.69) is 5.32 Å². The maximum Gasteiger partial charge on any atom is 0.295 e. The highest BCUT2D eigenvalue weighted by Gasteiger charge is 2.17. The van der Waals surface area contributed by atoms with Crippen molar-refractivity contribution >= 4 is 38.2 Å². The number of carbonyl (C=O) groups excluding carboxylic acids is 1. The van der Waals surface area contributed by atoms with Gasteiger partial charge in [0.05, 0.1) is 5.56 Å². The van der Waals surface area contributed by atoms with E-state index in [4.69, 9.17) is 5.73 Å². The highest BCUT2D eigenvalue weighted by Crippen LogP contribution is 2.30. The molecule has 0 bridgehead atoms.